The van der Waals surface area contributed by atoms with Crippen molar-refractivity contribution in [2.75, 3.05) is 45.1 Å². The highest BCUT2D eigenvalue weighted by Crippen LogP contribution is 2.16. The van der Waals surface area contributed by atoms with Gasteiger partial charge in [-0.25, -0.2) is 9.89 Å². The lowest BCUT2D eigenvalue weighted by atomic mass is 10.2. The number of hydrogen-bond acceptors (Lipinski definition) is 6. The van der Waals surface area contributed by atoms with E-state index in [2.05, 4.69) is 15.1 Å². The van der Waals surface area contributed by atoms with E-state index in [4.69, 9.17) is 4.74 Å². The van der Waals surface area contributed by atoms with Crippen molar-refractivity contribution in [2.24, 2.45) is 0 Å². The average Bonchev–Trinajstić information content (AvgIpc) is 3.18. The van der Waals surface area contributed by atoms with E-state index in [0.29, 0.717) is 31.4 Å². The minimum Gasteiger partial charge on any atom is -0.492 e. The molecule has 1 N–H and O–H groups in total. The molecule has 1 aromatic heterocycles. The van der Waals surface area contributed by atoms with Gasteiger partial charge in [-0.2, -0.15) is 0 Å². The van der Waals surface area contributed by atoms with Crippen molar-refractivity contribution in [2.45, 2.75) is 11.7 Å². The molecule has 9 heteroatoms. The summed E-state index contributed by atoms with van der Waals surface area (Å²) in [5.41, 5.74) is 0.742. The number of carbonyl (C=O) groups is 1. The first-order valence-electron chi connectivity index (χ1n) is 10.7. The lowest BCUT2D eigenvalue weighted by Gasteiger charge is -2.34. The van der Waals surface area contributed by atoms with Crippen LogP contribution in [-0.4, -0.2) is 75.6 Å². The zero-order valence-electron chi connectivity index (χ0n) is 17.9. The Morgan fingerprint density at radius 2 is 1.69 bits per heavy atom. The van der Waals surface area contributed by atoms with Gasteiger partial charge < -0.3 is 9.64 Å². The van der Waals surface area contributed by atoms with Crippen LogP contribution in [0, 0.1) is 0 Å². The summed E-state index contributed by atoms with van der Waals surface area (Å²) < 4.78 is 7.33. The zero-order valence-corrected chi connectivity index (χ0v) is 18.7. The summed E-state index contributed by atoms with van der Waals surface area (Å²) in [4.78, 5) is 29.0. The molecule has 2 aromatic carbocycles. The van der Waals surface area contributed by atoms with Gasteiger partial charge in [-0.3, -0.25) is 14.3 Å². The number of benzene rings is 2. The minimum atomic E-state index is -0.268. The van der Waals surface area contributed by atoms with Crippen LogP contribution < -0.4 is 10.4 Å². The topological polar surface area (TPSA) is 83.5 Å². The molecule has 1 saturated heterocycles. The zero-order chi connectivity index (χ0) is 22.2. The molecular weight excluding hydrogens is 426 g/mol. The van der Waals surface area contributed by atoms with Crippen molar-refractivity contribution in [3.05, 3.63) is 76.7 Å². The number of carbonyl (C=O) groups excluding carboxylic acids is 1. The van der Waals surface area contributed by atoms with Crippen LogP contribution in [0.1, 0.15) is 5.56 Å². The van der Waals surface area contributed by atoms with Crippen LogP contribution in [0.2, 0.25) is 0 Å². The van der Waals surface area contributed by atoms with Gasteiger partial charge in [0.25, 0.3) is 0 Å². The van der Waals surface area contributed by atoms with E-state index >= 15 is 0 Å². The molecule has 0 aliphatic carbocycles. The maximum atomic E-state index is 12.7. The number of thioether (sulfide) groups is 1. The summed E-state index contributed by atoms with van der Waals surface area (Å²) in [7, 11) is 0. The number of piperazine rings is 1. The van der Waals surface area contributed by atoms with Crippen LogP contribution in [0.4, 0.5) is 0 Å². The summed E-state index contributed by atoms with van der Waals surface area (Å²) in [6.07, 6.45) is 0. The minimum absolute atomic E-state index is 0.0666. The Morgan fingerprint density at radius 3 is 2.41 bits per heavy atom. The van der Waals surface area contributed by atoms with E-state index < -0.39 is 0 Å². The predicted octanol–water partition coefficient (Wildman–Crippen LogP) is 1.93. The van der Waals surface area contributed by atoms with Gasteiger partial charge in [0.1, 0.15) is 12.4 Å². The Bertz CT molecular complexity index is 1050. The molecule has 0 unspecified atom stereocenters. The van der Waals surface area contributed by atoms with E-state index in [0.717, 1.165) is 30.9 Å². The van der Waals surface area contributed by atoms with Crippen molar-refractivity contribution in [1.29, 1.82) is 0 Å². The van der Waals surface area contributed by atoms with Crippen LogP contribution in [0.25, 0.3) is 0 Å². The Labute approximate surface area is 191 Å². The fourth-order valence-corrected chi connectivity index (χ4v) is 4.42. The number of aromatic nitrogens is 3. The van der Waals surface area contributed by atoms with Crippen LogP contribution >= 0.6 is 11.8 Å². The molecular formula is C23H27N5O3S. The van der Waals surface area contributed by atoms with Gasteiger partial charge in [-0.05, 0) is 17.7 Å². The summed E-state index contributed by atoms with van der Waals surface area (Å²) >= 11 is 1.30. The van der Waals surface area contributed by atoms with Crippen molar-refractivity contribution >= 4 is 17.7 Å². The number of rotatable bonds is 9. The molecule has 168 valence electrons. The monoisotopic (exact) mass is 453 g/mol. The third kappa shape index (κ3) is 6.02. The number of H-pyrrole nitrogens is 1. The number of hydrogen-bond donors (Lipinski definition) is 1. The summed E-state index contributed by atoms with van der Waals surface area (Å²) in [5.74, 6) is 1.20. The molecule has 1 amide bonds. The van der Waals surface area contributed by atoms with Gasteiger partial charge in [-0.1, -0.05) is 60.3 Å². The lowest BCUT2D eigenvalue weighted by molar-refractivity contribution is -0.130. The Hall–Kier alpha value is -3.04. The molecule has 1 aliphatic heterocycles. The Morgan fingerprint density at radius 1 is 1.00 bits per heavy atom. The second-order valence-corrected chi connectivity index (χ2v) is 8.50. The van der Waals surface area contributed by atoms with E-state index in [1.807, 2.05) is 65.6 Å². The van der Waals surface area contributed by atoms with Crippen LogP contribution in [0.3, 0.4) is 0 Å². The molecule has 4 rings (SSSR count). The van der Waals surface area contributed by atoms with Crippen LogP contribution in [0.15, 0.2) is 70.6 Å². The van der Waals surface area contributed by atoms with Crippen molar-refractivity contribution in [3.8, 4) is 5.75 Å². The molecule has 0 radical (unpaired) electrons. The van der Waals surface area contributed by atoms with Gasteiger partial charge in [0.15, 0.2) is 5.16 Å². The normalized spacial score (nSPS) is 14.4. The number of amides is 1. The molecule has 0 saturated carbocycles. The third-order valence-electron chi connectivity index (χ3n) is 5.38. The number of aromatic amines is 1. The highest BCUT2D eigenvalue weighted by Gasteiger charge is 2.22. The molecule has 8 nitrogen and oxygen atoms in total. The average molecular weight is 454 g/mol. The van der Waals surface area contributed by atoms with Crippen molar-refractivity contribution in [3.63, 3.8) is 0 Å². The van der Waals surface area contributed by atoms with Crippen molar-refractivity contribution < 1.29 is 9.53 Å². The molecule has 3 aromatic rings. The SMILES string of the molecule is O=C(CSc1n[nH]c(=O)n1Cc1ccccc1)N1CCN(CCOc2ccccc2)CC1. The molecule has 2 heterocycles. The summed E-state index contributed by atoms with van der Waals surface area (Å²) in [6.45, 7) is 4.95. The van der Waals surface area contributed by atoms with Gasteiger partial charge in [0, 0.05) is 32.7 Å². The van der Waals surface area contributed by atoms with Crippen LogP contribution in [-0.2, 0) is 11.3 Å². The predicted molar refractivity (Wildman–Crippen MR) is 124 cm³/mol. The highest BCUT2D eigenvalue weighted by molar-refractivity contribution is 7.99. The fraction of sp³-hybridized carbons (Fsp3) is 0.348. The first-order chi connectivity index (χ1) is 15.7. The highest BCUT2D eigenvalue weighted by atomic mass is 32.2. The van der Waals surface area contributed by atoms with E-state index in [1.165, 1.54) is 11.8 Å². The first kappa shape index (κ1) is 22.2. The number of nitrogens with one attached hydrogen (secondary N) is 1. The smallest absolute Gasteiger partial charge is 0.344 e. The lowest BCUT2D eigenvalue weighted by Crippen LogP contribution is -2.50. The molecule has 0 atom stereocenters. The van der Waals surface area contributed by atoms with Gasteiger partial charge in [0.2, 0.25) is 5.91 Å². The summed E-state index contributed by atoms with van der Waals surface area (Å²) in [6, 6.07) is 19.5. The second-order valence-electron chi connectivity index (χ2n) is 7.56. The first-order valence-corrected chi connectivity index (χ1v) is 11.7. The number of ether oxygens (including phenoxy) is 1. The molecule has 32 heavy (non-hydrogen) atoms. The van der Waals surface area contributed by atoms with Gasteiger partial charge >= 0.3 is 5.69 Å². The van der Waals surface area contributed by atoms with Crippen LogP contribution in [0.5, 0.6) is 5.75 Å². The largest absolute Gasteiger partial charge is 0.492 e. The quantitative estimate of drug-likeness (QED) is 0.499. The molecule has 0 bridgehead atoms. The molecule has 1 fully saturated rings. The third-order valence-corrected chi connectivity index (χ3v) is 6.34. The number of nitrogens with zero attached hydrogens (tertiary/aromatic N) is 4. The summed E-state index contributed by atoms with van der Waals surface area (Å²) in [5, 5.41) is 7.12. The number of para-hydroxylation sites is 1. The fourth-order valence-electron chi connectivity index (χ4n) is 3.57. The Kier molecular flexibility index (Phi) is 7.63. The van der Waals surface area contributed by atoms with Crippen molar-refractivity contribution in [1.82, 2.24) is 24.6 Å². The van der Waals surface area contributed by atoms with E-state index in [-0.39, 0.29) is 17.3 Å². The van der Waals surface area contributed by atoms with E-state index in [9.17, 15) is 9.59 Å². The maximum Gasteiger partial charge on any atom is 0.344 e. The van der Waals surface area contributed by atoms with Gasteiger partial charge in [-0.15, -0.1) is 5.10 Å². The standard InChI is InChI=1S/C23H27N5O3S/c29-21(18-32-23-25-24-22(30)28(23)17-19-7-3-1-4-8-19)27-13-11-26(12-14-27)15-16-31-20-9-5-2-6-10-20/h1-10H,11-18H2,(H,24,30). The molecule has 0 spiro atoms. The Balaban J connectivity index is 1.21. The van der Waals surface area contributed by atoms with Gasteiger partial charge in [0.05, 0.1) is 12.3 Å². The second kappa shape index (κ2) is 11.0. The maximum absolute atomic E-state index is 12.7. The molecule has 1 aliphatic rings. The van der Waals surface area contributed by atoms with E-state index in [1.54, 1.807) is 4.57 Å².